The van der Waals surface area contributed by atoms with Crippen molar-refractivity contribution in [1.82, 2.24) is 0 Å². The lowest BCUT2D eigenvalue weighted by molar-refractivity contribution is 0.825. The maximum Gasteiger partial charge on any atom is 0.0735 e. The number of aliphatic imine (C=N–C) groups is 1. The van der Waals surface area contributed by atoms with Crippen molar-refractivity contribution in [1.29, 1.82) is 0 Å². The van der Waals surface area contributed by atoms with Crippen molar-refractivity contribution in [2.75, 3.05) is 0 Å². The summed E-state index contributed by atoms with van der Waals surface area (Å²) < 4.78 is 0. The summed E-state index contributed by atoms with van der Waals surface area (Å²) in [6, 6.07) is 26.7. The molecule has 0 heterocycles. The van der Waals surface area contributed by atoms with Crippen molar-refractivity contribution in [2.45, 2.75) is 13.0 Å². The molecule has 1 nitrogen and oxygen atoms in total. The van der Waals surface area contributed by atoms with Crippen molar-refractivity contribution in [3.63, 3.8) is 0 Å². The van der Waals surface area contributed by atoms with Crippen molar-refractivity contribution in [3.8, 4) is 11.1 Å². The Morgan fingerprint density at radius 2 is 1.39 bits per heavy atom. The maximum absolute atomic E-state index is 6.22. The Labute approximate surface area is 142 Å². The average Bonchev–Trinajstić information content (AvgIpc) is 2.61. The van der Waals surface area contributed by atoms with Gasteiger partial charge in [0.15, 0.2) is 0 Å². The second-order valence-electron chi connectivity index (χ2n) is 5.46. The summed E-state index contributed by atoms with van der Waals surface area (Å²) in [7, 11) is 0. The van der Waals surface area contributed by atoms with Crippen LogP contribution in [0.25, 0.3) is 11.1 Å². The minimum Gasteiger partial charge on any atom is -0.285 e. The van der Waals surface area contributed by atoms with Crippen LogP contribution in [0.1, 0.15) is 24.1 Å². The van der Waals surface area contributed by atoms with Gasteiger partial charge in [0.2, 0.25) is 0 Å². The van der Waals surface area contributed by atoms with Gasteiger partial charge in [0.05, 0.1) is 6.04 Å². The van der Waals surface area contributed by atoms with Crippen LogP contribution in [0.15, 0.2) is 83.9 Å². The van der Waals surface area contributed by atoms with Gasteiger partial charge in [-0.2, -0.15) is 0 Å². The van der Waals surface area contributed by atoms with E-state index in [2.05, 4.69) is 60.4 Å². The molecule has 0 saturated carbocycles. The number of hydrogen-bond donors (Lipinski definition) is 0. The Morgan fingerprint density at radius 1 is 0.783 bits per heavy atom. The van der Waals surface area contributed by atoms with Crippen LogP contribution < -0.4 is 0 Å². The standard InChI is InChI=1S/C21H18ClN/c1-16(20-9-5-6-10-21(20)22)23-15-17-11-13-19(14-12-17)18-7-3-2-4-8-18/h2-16H,1H3/b23-15-. The maximum atomic E-state index is 6.22. The Kier molecular flexibility index (Phi) is 4.89. The molecule has 3 aromatic rings. The molecule has 114 valence electrons. The van der Waals surface area contributed by atoms with Gasteiger partial charge in [-0.25, -0.2) is 0 Å². The molecule has 0 aliphatic carbocycles. The minimum absolute atomic E-state index is 0.0394. The molecule has 0 aliphatic heterocycles. The zero-order valence-corrected chi connectivity index (χ0v) is 13.7. The predicted octanol–water partition coefficient (Wildman–Crippen LogP) is 6.19. The van der Waals surface area contributed by atoms with Gasteiger partial charge in [-0.1, -0.05) is 84.4 Å². The van der Waals surface area contributed by atoms with E-state index in [9.17, 15) is 0 Å². The van der Waals surface area contributed by atoms with Crippen molar-refractivity contribution >= 4 is 17.8 Å². The van der Waals surface area contributed by atoms with Crippen LogP contribution >= 0.6 is 11.6 Å². The highest BCUT2D eigenvalue weighted by molar-refractivity contribution is 6.31. The molecule has 1 unspecified atom stereocenters. The Balaban J connectivity index is 1.74. The van der Waals surface area contributed by atoms with Crippen LogP contribution in [-0.2, 0) is 0 Å². The number of benzene rings is 3. The van der Waals surface area contributed by atoms with Crippen LogP contribution in [0.4, 0.5) is 0 Å². The summed E-state index contributed by atoms with van der Waals surface area (Å²) in [5.41, 5.74) is 4.57. The number of hydrogen-bond acceptors (Lipinski definition) is 1. The summed E-state index contributed by atoms with van der Waals surface area (Å²) in [4.78, 5) is 4.62. The third-order valence-corrected chi connectivity index (χ3v) is 4.16. The molecule has 1 atom stereocenters. The van der Waals surface area contributed by atoms with E-state index in [1.807, 2.05) is 36.5 Å². The van der Waals surface area contributed by atoms with Gasteiger partial charge in [-0.05, 0) is 35.2 Å². The van der Waals surface area contributed by atoms with Crippen molar-refractivity contribution in [2.24, 2.45) is 4.99 Å². The van der Waals surface area contributed by atoms with Gasteiger partial charge in [-0.3, -0.25) is 4.99 Å². The second kappa shape index (κ2) is 7.26. The molecule has 0 aromatic heterocycles. The molecular weight excluding hydrogens is 302 g/mol. The first-order valence-electron chi connectivity index (χ1n) is 7.67. The van der Waals surface area contributed by atoms with Gasteiger partial charge < -0.3 is 0 Å². The lowest BCUT2D eigenvalue weighted by Crippen LogP contribution is -1.92. The first kappa shape index (κ1) is 15.5. The zero-order valence-electron chi connectivity index (χ0n) is 13.0. The summed E-state index contributed by atoms with van der Waals surface area (Å²) in [6.45, 7) is 2.05. The van der Waals surface area contributed by atoms with Gasteiger partial charge in [0, 0.05) is 11.2 Å². The van der Waals surface area contributed by atoms with Crippen LogP contribution in [0, 0.1) is 0 Å². The topological polar surface area (TPSA) is 12.4 Å². The third-order valence-electron chi connectivity index (χ3n) is 3.82. The lowest BCUT2D eigenvalue weighted by Gasteiger charge is -2.08. The molecule has 2 heteroatoms. The highest BCUT2D eigenvalue weighted by Gasteiger charge is 2.06. The molecule has 0 saturated heterocycles. The number of rotatable bonds is 4. The largest absolute Gasteiger partial charge is 0.285 e. The molecule has 0 bridgehead atoms. The minimum atomic E-state index is 0.0394. The van der Waals surface area contributed by atoms with E-state index in [1.165, 1.54) is 11.1 Å². The van der Waals surface area contributed by atoms with Gasteiger partial charge in [0.1, 0.15) is 0 Å². The van der Waals surface area contributed by atoms with Crippen LogP contribution in [-0.4, -0.2) is 6.21 Å². The first-order valence-corrected chi connectivity index (χ1v) is 8.05. The fourth-order valence-corrected chi connectivity index (χ4v) is 2.78. The highest BCUT2D eigenvalue weighted by Crippen LogP contribution is 2.25. The van der Waals surface area contributed by atoms with Crippen molar-refractivity contribution < 1.29 is 0 Å². The second-order valence-corrected chi connectivity index (χ2v) is 5.87. The summed E-state index contributed by atoms with van der Waals surface area (Å²) in [5, 5.41) is 0.761. The summed E-state index contributed by atoms with van der Waals surface area (Å²) in [6.07, 6.45) is 1.91. The van der Waals surface area contributed by atoms with Gasteiger partial charge >= 0.3 is 0 Å². The molecular formula is C21H18ClN. The molecule has 0 fully saturated rings. The molecule has 23 heavy (non-hydrogen) atoms. The monoisotopic (exact) mass is 319 g/mol. The van der Waals surface area contributed by atoms with E-state index >= 15 is 0 Å². The molecule has 0 N–H and O–H groups in total. The third kappa shape index (κ3) is 3.88. The fourth-order valence-electron chi connectivity index (χ4n) is 2.48. The quantitative estimate of drug-likeness (QED) is 0.509. The molecule has 3 rings (SSSR count). The van der Waals surface area contributed by atoms with Crippen LogP contribution in [0.2, 0.25) is 5.02 Å². The van der Waals surface area contributed by atoms with E-state index in [4.69, 9.17) is 11.6 Å². The summed E-state index contributed by atoms with van der Waals surface area (Å²) in [5.74, 6) is 0. The molecule has 0 radical (unpaired) electrons. The zero-order chi connectivity index (χ0) is 16.1. The molecule has 0 aliphatic rings. The number of nitrogens with zero attached hydrogens (tertiary/aromatic N) is 1. The average molecular weight is 320 g/mol. The fraction of sp³-hybridized carbons (Fsp3) is 0.0952. The SMILES string of the molecule is CC(/N=C\c1ccc(-c2ccccc2)cc1)c1ccccc1Cl. The smallest absolute Gasteiger partial charge is 0.0735 e. The Morgan fingerprint density at radius 3 is 2.09 bits per heavy atom. The Hall–Kier alpha value is -2.38. The normalized spacial score (nSPS) is 12.4. The van der Waals surface area contributed by atoms with Crippen molar-refractivity contribution in [3.05, 3.63) is 95.0 Å². The molecule has 0 spiro atoms. The first-order chi connectivity index (χ1) is 11.2. The van der Waals surface area contributed by atoms with E-state index in [-0.39, 0.29) is 6.04 Å². The van der Waals surface area contributed by atoms with E-state index < -0.39 is 0 Å². The highest BCUT2D eigenvalue weighted by atomic mass is 35.5. The van der Waals surface area contributed by atoms with Gasteiger partial charge in [-0.15, -0.1) is 0 Å². The molecule has 3 aromatic carbocycles. The van der Waals surface area contributed by atoms with Gasteiger partial charge in [0.25, 0.3) is 0 Å². The van der Waals surface area contributed by atoms with E-state index in [1.54, 1.807) is 0 Å². The van der Waals surface area contributed by atoms with Crippen LogP contribution in [0.3, 0.4) is 0 Å². The Bertz CT molecular complexity index is 792. The van der Waals surface area contributed by atoms with Crippen LogP contribution in [0.5, 0.6) is 0 Å². The lowest BCUT2D eigenvalue weighted by atomic mass is 10.0. The van der Waals surface area contributed by atoms with E-state index in [0.29, 0.717) is 0 Å². The predicted molar refractivity (Wildman–Crippen MR) is 99.3 cm³/mol. The van der Waals surface area contributed by atoms with E-state index in [0.717, 1.165) is 16.1 Å². The summed E-state index contributed by atoms with van der Waals surface area (Å²) >= 11 is 6.22. The number of halogens is 1. The molecule has 0 amide bonds.